The first kappa shape index (κ1) is 36.7. The van der Waals surface area contributed by atoms with Crippen molar-refractivity contribution in [1.82, 2.24) is 14.5 Å². The summed E-state index contributed by atoms with van der Waals surface area (Å²) in [5.41, 5.74) is 14.5. The Kier molecular flexibility index (Phi) is 10.0. The number of phenols is 1. The fraction of sp³-hybridized carbons (Fsp3) is 0.127. The maximum absolute atomic E-state index is 11.7. The van der Waals surface area contributed by atoms with Gasteiger partial charge in [-0.05, 0) is 107 Å². The second-order valence-corrected chi connectivity index (χ2v) is 16.3. The fourth-order valence-electron chi connectivity index (χ4n) is 7.94. The number of aromatic hydroxyl groups is 1. The number of benzene rings is 7. The van der Waals surface area contributed by atoms with Crippen LogP contribution in [0.5, 0.6) is 5.75 Å². The fourth-order valence-corrected chi connectivity index (χ4v) is 7.94. The van der Waals surface area contributed by atoms with Crippen molar-refractivity contribution < 1.29 is 30.3 Å². The van der Waals surface area contributed by atoms with Gasteiger partial charge in [0.1, 0.15) is 11.6 Å². The number of phenolic OH excluding ortho intramolecular Hbond substituents is 1. The minimum Gasteiger partial charge on any atom is -0.507 e. The zero-order valence-corrected chi connectivity index (χ0v) is 36.5. The Morgan fingerprint density at radius 2 is 1.22 bits per heavy atom. The van der Waals surface area contributed by atoms with Gasteiger partial charge in [-0.2, -0.15) is 0 Å². The summed E-state index contributed by atoms with van der Waals surface area (Å²) in [4.78, 5) is 10.2. The van der Waals surface area contributed by atoms with E-state index in [1.165, 1.54) is 5.56 Å². The molecular formula is C55H46N3OPt-. The SMILES string of the molecule is [2H]C([2H])([2H])c1cc(-c2ccccc2)ccc1-n1c(-c2cc(C)cc(C)c2O)nc2c(-c3[c-]c(-c4cc(-c5ccc(-c6ccccc6)cc5)ccn4)cc(C(C)(C)C)c3)cccc21.[Pt]. The molecule has 0 bridgehead atoms. The number of pyridine rings is 1. The Balaban J connectivity index is 0.00000544. The number of imidazole rings is 1. The molecule has 0 unspecified atom stereocenters. The van der Waals surface area contributed by atoms with Gasteiger partial charge in [0.2, 0.25) is 0 Å². The first-order valence-corrected chi connectivity index (χ1v) is 20.0. The molecule has 0 aliphatic rings. The van der Waals surface area contributed by atoms with Crippen LogP contribution in [0, 0.1) is 26.8 Å². The first-order valence-electron chi connectivity index (χ1n) is 21.5. The van der Waals surface area contributed by atoms with Crippen molar-refractivity contribution >= 4 is 11.0 Å². The van der Waals surface area contributed by atoms with Gasteiger partial charge >= 0.3 is 0 Å². The van der Waals surface area contributed by atoms with Crippen LogP contribution in [0.25, 0.3) is 83.9 Å². The van der Waals surface area contributed by atoms with Gasteiger partial charge in [-0.1, -0.05) is 147 Å². The number of para-hydroxylation sites is 1. The molecule has 9 rings (SSSR count). The maximum atomic E-state index is 11.7. The summed E-state index contributed by atoms with van der Waals surface area (Å²) in [7, 11) is 0. The van der Waals surface area contributed by atoms with E-state index in [9.17, 15) is 5.11 Å². The van der Waals surface area contributed by atoms with Crippen LogP contribution in [0.15, 0.2) is 164 Å². The van der Waals surface area contributed by atoms with E-state index in [0.717, 1.165) is 61.3 Å². The molecule has 0 amide bonds. The van der Waals surface area contributed by atoms with Crippen molar-refractivity contribution in [3.63, 3.8) is 0 Å². The van der Waals surface area contributed by atoms with Gasteiger partial charge < -0.3 is 5.11 Å². The summed E-state index contributed by atoms with van der Waals surface area (Å²) in [5, 5.41) is 11.7. The van der Waals surface area contributed by atoms with Gasteiger partial charge in [0.25, 0.3) is 0 Å². The van der Waals surface area contributed by atoms with Gasteiger partial charge in [0.05, 0.1) is 22.3 Å². The Morgan fingerprint density at radius 1 is 0.600 bits per heavy atom. The largest absolute Gasteiger partial charge is 0.507 e. The van der Waals surface area contributed by atoms with Crippen LogP contribution in [0.4, 0.5) is 0 Å². The average molecular weight is 963 g/mol. The van der Waals surface area contributed by atoms with Crippen molar-refractivity contribution in [2.24, 2.45) is 0 Å². The van der Waals surface area contributed by atoms with Crippen LogP contribution >= 0.6 is 0 Å². The Hall–Kier alpha value is -6.35. The summed E-state index contributed by atoms with van der Waals surface area (Å²) < 4.78 is 28.3. The topological polar surface area (TPSA) is 50.9 Å². The number of aromatic nitrogens is 3. The van der Waals surface area contributed by atoms with E-state index in [2.05, 4.69) is 93.6 Å². The third kappa shape index (κ3) is 7.76. The normalized spacial score (nSPS) is 12.4. The number of nitrogens with zero attached hydrogens (tertiary/aromatic N) is 3. The third-order valence-electron chi connectivity index (χ3n) is 11.1. The summed E-state index contributed by atoms with van der Waals surface area (Å²) in [6.45, 7) is 7.96. The van der Waals surface area contributed by atoms with E-state index in [0.29, 0.717) is 33.7 Å². The number of rotatable bonds is 7. The molecule has 2 heterocycles. The molecule has 0 saturated carbocycles. The van der Waals surface area contributed by atoms with Crippen molar-refractivity contribution in [2.45, 2.75) is 46.9 Å². The van der Waals surface area contributed by atoms with E-state index < -0.39 is 6.85 Å². The molecule has 0 radical (unpaired) electrons. The van der Waals surface area contributed by atoms with Crippen LogP contribution < -0.4 is 0 Å². The van der Waals surface area contributed by atoms with E-state index >= 15 is 0 Å². The molecule has 60 heavy (non-hydrogen) atoms. The molecular weight excluding hydrogens is 914 g/mol. The third-order valence-corrected chi connectivity index (χ3v) is 11.1. The molecule has 2 aromatic heterocycles. The standard InChI is InChI=1S/C55H46N3O.Pt/c1-35-28-37(3)53(59)48(29-35)54-57-52-47(18-13-19-51(52)58(54)50-25-24-42(30-36(50)2)39-16-11-8-12-17-39)44-31-45(33-46(32-44)55(4,5)6)49-34-43(26-27-56-49)41-22-20-40(21-23-41)38-14-9-7-10-15-38;/h7-30,32-34,59H,1-6H3;/q-1;/i2D3;. The smallest absolute Gasteiger partial charge is 0.148 e. The zero-order valence-electron chi connectivity index (χ0n) is 37.2. The average Bonchev–Trinajstić information content (AvgIpc) is 3.67. The molecule has 1 N–H and O–H groups in total. The Morgan fingerprint density at radius 3 is 1.90 bits per heavy atom. The number of hydrogen-bond donors (Lipinski definition) is 1. The van der Waals surface area contributed by atoms with Crippen molar-refractivity contribution in [3.05, 3.63) is 192 Å². The summed E-state index contributed by atoms with van der Waals surface area (Å²) >= 11 is 0. The van der Waals surface area contributed by atoms with Gasteiger partial charge in [-0.3, -0.25) is 9.55 Å². The minimum absolute atomic E-state index is 0. The van der Waals surface area contributed by atoms with Crippen LogP contribution in [-0.2, 0) is 26.5 Å². The molecule has 7 aromatic carbocycles. The molecule has 5 heteroatoms. The van der Waals surface area contributed by atoms with Crippen molar-refractivity contribution in [1.29, 1.82) is 0 Å². The van der Waals surface area contributed by atoms with Crippen molar-refractivity contribution in [3.8, 4) is 78.6 Å². The molecule has 0 aliphatic carbocycles. The quantitative estimate of drug-likeness (QED) is 0.162. The minimum atomic E-state index is -2.47. The molecule has 0 atom stereocenters. The Bertz CT molecular complexity index is 3120. The summed E-state index contributed by atoms with van der Waals surface area (Å²) in [5.74, 6) is 0.531. The van der Waals surface area contributed by atoms with E-state index in [-0.39, 0.29) is 37.8 Å². The van der Waals surface area contributed by atoms with Gasteiger partial charge in [-0.15, -0.1) is 29.3 Å². The predicted molar refractivity (Wildman–Crippen MR) is 245 cm³/mol. The molecule has 9 aromatic rings. The predicted octanol–water partition coefficient (Wildman–Crippen LogP) is 14.1. The molecule has 298 valence electrons. The van der Waals surface area contributed by atoms with Crippen LogP contribution in [0.3, 0.4) is 0 Å². The van der Waals surface area contributed by atoms with Crippen LogP contribution in [0.2, 0.25) is 0 Å². The zero-order chi connectivity index (χ0) is 43.3. The number of hydrogen-bond acceptors (Lipinski definition) is 3. The van der Waals surface area contributed by atoms with Crippen LogP contribution in [-0.4, -0.2) is 19.6 Å². The summed E-state index contributed by atoms with van der Waals surface area (Å²) in [6, 6.07) is 56.3. The second-order valence-electron chi connectivity index (χ2n) is 16.3. The van der Waals surface area contributed by atoms with Crippen LogP contribution in [0.1, 0.15) is 47.1 Å². The maximum Gasteiger partial charge on any atom is 0.148 e. The molecule has 0 fully saturated rings. The molecule has 0 aliphatic heterocycles. The number of fused-ring (bicyclic) bond motifs is 1. The van der Waals surface area contributed by atoms with Gasteiger partial charge in [0, 0.05) is 37.1 Å². The monoisotopic (exact) mass is 962 g/mol. The van der Waals surface area contributed by atoms with Gasteiger partial charge in [-0.25, -0.2) is 4.98 Å². The molecule has 0 spiro atoms. The number of aryl methyl sites for hydroxylation is 3. The van der Waals surface area contributed by atoms with E-state index in [1.807, 2.05) is 110 Å². The van der Waals surface area contributed by atoms with Crippen molar-refractivity contribution in [2.75, 3.05) is 0 Å². The second kappa shape index (κ2) is 16.4. The van der Waals surface area contributed by atoms with E-state index in [1.54, 1.807) is 6.07 Å². The summed E-state index contributed by atoms with van der Waals surface area (Å²) in [6.07, 6.45) is 1.85. The van der Waals surface area contributed by atoms with Gasteiger partial charge in [0.15, 0.2) is 0 Å². The Labute approximate surface area is 371 Å². The molecule has 4 nitrogen and oxygen atoms in total. The van der Waals surface area contributed by atoms with E-state index in [4.69, 9.17) is 14.1 Å². The molecule has 0 saturated heterocycles. The first-order chi connectivity index (χ1) is 29.7.